The van der Waals surface area contributed by atoms with E-state index in [1.54, 1.807) is 11.3 Å². The number of nitrogens with zero attached hydrogens (tertiary/aromatic N) is 1. The van der Waals surface area contributed by atoms with Crippen LogP contribution in [0.3, 0.4) is 0 Å². The summed E-state index contributed by atoms with van der Waals surface area (Å²) >= 11 is 1.73. The fraction of sp³-hybridized carbons (Fsp3) is 0.500. The zero-order chi connectivity index (χ0) is 10.7. The van der Waals surface area contributed by atoms with E-state index in [0.29, 0.717) is 5.92 Å². The number of H-pyrrole nitrogens is 1. The Hall–Kier alpha value is -1.16. The molecule has 3 nitrogen and oxygen atoms in total. The number of aromatic nitrogens is 2. The molecule has 0 atom stereocenters. The van der Waals surface area contributed by atoms with Gasteiger partial charge in [-0.25, -0.2) is 4.98 Å². The van der Waals surface area contributed by atoms with Crippen LogP contribution in [0.15, 0.2) is 4.79 Å². The predicted molar refractivity (Wildman–Crippen MR) is 64.2 cm³/mol. The van der Waals surface area contributed by atoms with Crippen LogP contribution >= 0.6 is 11.3 Å². The molecule has 0 amide bonds. The van der Waals surface area contributed by atoms with Gasteiger partial charge in [0.05, 0.1) is 5.39 Å². The van der Waals surface area contributed by atoms with Crippen molar-refractivity contribution in [2.75, 3.05) is 0 Å². The van der Waals surface area contributed by atoms with Gasteiger partial charge in [0.2, 0.25) is 0 Å². The summed E-state index contributed by atoms with van der Waals surface area (Å²) in [6.45, 7) is 0. The summed E-state index contributed by atoms with van der Waals surface area (Å²) in [6, 6.07) is 0. The lowest BCUT2D eigenvalue weighted by molar-refractivity contribution is 0.911. The van der Waals surface area contributed by atoms with Crippen molar-refractivity contribution in [1.29, 1.82) is 0 Å². The molecule has 2 aromatic rings. The third-order valence-electron chi connectivity index (χ3n) is 3.56. The molecule has 1 fully saturated rings. The van der Waals surface area contributed by atoms with Gasteiger partial charge >= 0.3 is 0 Å². The van der Waals surface area contributed by atoms with Crippen molar-refractivity contribution < 1.29 is 0 Å². The summed E-state index contributed by atoms with van der Waals surface area (Å²) < 4.78 is 0. The fourth-order valence-corrected chi connectivity index (χ4v) is 3.84. The normalized spacial score (nSPS) is 19.2. The molecule has 4 heteroatoms. The molecular weight excluding hydrogens is 220 g/mol. The van der Waals surface area contributed by atoms with E-state index < -0.39 is 0 Å². The van der Waals surface area contributed by atoms with E-state index in [0.717, 1.165) is 28.9 Å². The van der Waals surface area contributed by atoms with Crippen molar-refractivity contribution in [2.24, 2.45) is 0 Å². The highest BCUT2D eigenvalue weighted by Gasteiger charge is 2.28. The number of fused-ring (bicyclic) bond motifs is 3. The Kier molecular flexibility index (Phi) is 1.64. The first-order valence-electron chi connectivity index (χ1n) is 5.87. The van der Waals surface area contributed by atoms with Crippen molar-refractivity contribution in [1.82, 2.24) is 9.97 Å². The third kappa shape index (κ3) is 1.13. The lowest BCUT2D eigenvalue weighted by Crippen LogP contribution is -2.11. The maximum absolute atomic E-state index is 12.1. The first kappa shape index (κ1) is 8.93. The van der Waals surface area contributed by atoms with Crippen LogP contribution < -0.4 is 5.56 Å². The molecule has 0 saturated heterocycles. The minimum Gasteiger partial charge on any atom is -0.310 e. The summed E-state index contributed by atoms with van der Waals surface area (Å²) in [5.41, 5.74) is 1.36. The van der Waals surface area contributed by atoms with E-state index in [2.05, 4.69) is 9.97 Å². The number of thiophene rings is 1. The van der Waals surface area contributed by atoms with Gasteiger partial charge in [-0.2, -0.15) is 0 Å². The summed E-state index contributed by atoms with van der Waals surface area (Å²) in [5.74, 6) is 1.44. The standard InChI is InChI=1S/C12H12N2OS/c15-11-9-7-2-1-3-8(7)16-12(9)14-10(13-11)6-4-5-6/h6H,1-5H2,(H,13,14,15). The molecule has 2 aromatic heterocycles. The van der Waals surface area contributed by atoms with Crippen LogP contribution in [0.2, 0.25) is 0 Å². The summed E-state index contributed by atoms with van der Waals surface area (Å²) in [5, 5.41) is 0.877. The Bertz CT molecular complexity index is 636. The van der Waals surface area contributed by atoms with Gasteiger partial charge < -0.3 is 4.98 Å². The fourth-order valence-electron chi connectivity index (χ4n) is 2.57. The third-order valence-corrected chi connectivity index (χ3v) is 4.74. The number of nitrogens with one attached hydrogen (secondary N) is 1. The van der Waals surface area contributed by atoms with Crippen LogP contribution in [-0.2, 0) is 12.8 Å². The molecule has 0 bridgehead atoms. The lowest BCUT2D eigenvalue weighted by Gasteiger charge is -1.98. The minimum atomic E-state index is 0.0892. The smallest absolute Gasteiger partial charge is 0.259 e. The molecule has 2 aliphatic carbocycles. The summed E-state index contributed by atoms with van der Waals surface area (Å²) in [7, 11) is 0. The second-order valence-electron chi connectivity index (χ2n) is 4.76. The van der Waals surface area contributed by atoms with Crippen molar-refractivity contribution in [2.45, 2.75) is 38.0 Å². The average molecular weight is 232 g/mol. The van der Waals surface area contributed by atoms with Gasteiger partial charge in [-0.1, -0.05) is 0 Å². The van der Waals surface area contributed by atoms with Crippen LogP contribution in [0.4, 0.5) is 0 Å². The Labute approximate surface area is 96.5 Å². The van der Waals surface area contributed by atoms with Crippen LogP contribution in [0, 0.1) is 0 Å². The Morgan fingerprint density at radius 3 is 3.00 bits per heavy atom. The van der Waals surface area contributed by atoms with Crippen molar-refractivity contribution >= 4 is 21.6 Å². The molecule has 82 valence electrons. The van der Waals surface area contributed by atoms with Crippen molar-refractivity contribution in [3.05, 3.63) is 26.6 Å². The molecule has 0 spiro atoms. The van der Waals surface area contributed by atoms with E-state index >= 15 is 0 Å². The molecule has 1 N–H and O–H groups in total. The molecular formula is C12H12N2OS. The predicted octanol–water partition coefficient (Wildman–Crippen LogP) is 2.35. The van der Waals surface area contributed by atoms with Gasteiger partial charge in [-0.15, -0.1) is 11.3 Å². The quantitative estimate of drug-likeness (QED) is 0.820. The monoisotopic (exact) mass is 232 g/mol. The Morgan fingerprint density at radius 1 is 1.31 bits per heavy atom. The summed E-state index contributed by atoms with van der Waals surface area (Å²) in [4.78, 5) is 22.0. The van der Waals surface area contributed by atoms with E-state index in [1.807, 2.05) is 0 Å². The van der Waals surface area contributed by atoms with Crippen LogP contribution in [-0.4, -0.2) is 9.97 Å². The zero-order valence-electron chi connectivity index (χ0n) is 8.88. The lowest BCUT2D eigenvalue weighted by atomic mass is 10.2. The van der Waals surface area contributed by atoms with Gasteiger partial charge in [0.15, 0.2) is 0 Å². The number of aromatic amines is 1. The number of hydrogen-bond donors (Lipinski definition) is 1. The van der Waals surface area contributed by atoms with E-state index in [-0.39, 0.29) is 5.56 Å². The topological polar surface area (TPSA) is 45.8 Å². The second-order valence-corrected chi connectivity index (χ2v) is 5.85. The summed E-state index contributed by atoms with van der Waals surface area (Å²) in [6.07, 6.45) is 5.75. The van der Waals surface area contributed by atoms with Crippen LogP contribution in [0.5, 0.6) is 0 Å². The first-order valence-corrected chi connectivity index (χ1v) is 6.69. The zero-order valence-corrected chi connectivity index (χ0v) is 9.69. The van der Waals surface area contributed by atoms with Gasteiger partial charge in [0.1, 0.15) is 10.7 Å². The van der Waals surface area contributed by atoms with Gasteiger partial charge in [-0.3, -0.25) is 4.79 Å². The highest BCUT2D eigenvalue weighted by Crippen LogP contribution is 2.40. The van der Waals surface area contributed by atoms with Crippen LogP contribution in [0.1, 0.15) is 41.4 Å². The van der Waals surface area contributed by atoms with Crippen LogP contribution in [0.25, 0.3) is 10.2 Å². The average Bonchev–Trinajstić information content (AvgIpc) is 2.90. The molecule has 0 unspecified atom stereocenters. The van der Waals surface area contributed by atoms with Gasteiger partial charge in [-0.05, 0) is 37.7 Å². The highest BCUT2D eigenvalue weighted by molar-refractivity contribution is 7.18. The van der Waals surface area contributed by atoms with E-state index in [9.17, 15) is 4.79 Å². The number of rotatable bonds is 1. The number of hydrogen-bond acceptors (Lipinski definition) is 3. The second kappa shape index (κ2) is 2.94. The van der Waals surface area contributed by atoms with E-state index in [1.165, 1.54) is 29.7 Å². The SMILES string of the molecule is O=c1[nH]c(C2CC2)nc2sc3c(c12)CCC3. The Balaban J connectivity index is 2.05. The molecule has 4 rings (SSSR count). The molecule has 2 heterocycles. The first-order chi connectivity index (χ1) is 7.83. The maximum Gasteiger partial charge on any atom is 0.259 e. The van der Waals surface area contributed by atoms with Gasteiger partial charge in [0, 0.05) is 10.8 Å². The largest absolute Gasteiger partial charge is 0.310 e. The highest BCUT2D eigenvalue weighted by atomic mass is 32.1. The van der Waals surface area contributed by atoms with Crippen molar-refractivity contribution in [3.8, 4) is 0 Å². The molecule has 1 saturated carbocycles. The molecule has 0 radical (unpaired) electrons. The molecule has 16 heavy (non-hydrogen) atoms. The molecule has 0 aromatic carbocycles. The van der Waals surface area contributed by atoms with Crippen molar-refractivity contribution in [3.63, 3.8) is 0 Å². The molecule has 0 aliphatic heterocycles. The minimum absolute atomic E-state index is 0.0892. The maximum atomic E-state index is 12.1. The molecule has 2 aliphatic rings. The van der Waals surface area contributed by atoms with Gasteiger partial charge in [0.25, 0.3) is 5.56 Å². The Morgan fingerprint density at radius 2 is 2.19 bits per heavy atom. The van der Waals surface area contributed by atoms with E-state index in [4.69, 9.17) is 0 Å². The number of aryl methyl sites for hydroxylation is 2.